The zero-order chi connectivity index (χ0) is 16.2. The molecule has 0 bridgehead atoms. The largest absolute Gasteiger partial charge is 0.354 e. The third kappa shape index (κ3) is 4.00. The molecule has 1 saturated carbocycles. The van der Waals surface area contributed by atoms with Crippen molar-refractivity contribution in [3.8, 4) is 0 Å². The van der Waals surface area contributed by atoms with Gasteiger partial charge < -0.3 is 5.32 Å². The number of amides is 1. The van der Waals surface area contributed by atoms with Gasteiger partial charge >= 0.3 is 0 Å². The Balaban J connectivity index is 2.05. The maximum absolute atomic E-state index is 12.1. The number of nitrogens with zero attached hydrogens (tertiary/aromatic N) is 1. The second-order valence-corrected chi connectivity index (χ2v) is 7.64. The zero-order valence-corrected chi connectivity index (χ0v) is 14.0. The van der Waals surface area contributed by atoms with Gasteiger partial charge in [-0.25, -0.2) is 8.42 Å². The highest BCUT2D eigenvalue weighted by Crippen LogP contribution is 2.26. The Morgan fingerprint density at radius 2 is 2.00 bits per heavy atom. The lowest BCUT2D eigenvalue weighted by Gasteiger charge is -2.27. The summed E-state index contributed by atoms with van der Waals surface area (Å²) in [6.07, 6.45) is 4.96. The van der Waals surface area contributed by atoms with Gasteiger partial charge in [0.05, 0.1) is 18.5 Å². The number of benzene rings is 1. The molecule has 0 unspecified atom stereocenters. The van der Waals surface area contributed by atoms with Gasteiger partial charge in [0.2, 0.25) is 15.9 Å². The van der Waals surface area contributed by atoms with Gasteiger partial charge in [-0.05, 0) is 30.9 Å². The number of rotatable bonds is 7. The van der Waals surface area contributed by atoms with Crippen molar-refractivity contribution in [1.82, 2.24) is 5.32 Å². The number of carbonyl (C=O) groups is 1. The predicted octanol–water partition coefficient (Wildman–Crippen LogP) is 1.93. The van der Waals surface area contributed by atoms with Gasteiger partial charge in [0, 0.05) is 12.5 Å². The molecule has 0 spiro atoms. The summed E-state index contributed by atoms with van der Waals surface area (Å²) in [5, 5.41) is 2.85. The van der Waals surface area contributed by atoms with Crippen LogP contribution in [0.4, 0.5) is 5.69 Å². The van der Waals surface area contributed by atoms with Crippen molar-refractivity contribution in [2.45, 2.75) is 32.6 Å². The minimum atomic E-state index is -3.38. The van der Waals surface area contributed by atoms with Crippen LogP contribution in [-0.4, -0.2) is 33.7 Å². The molecule has 22 heavy (non-hydrogen) atoms. The molecule has 1 aliphatic carbocycles. The molecular formula is C16H24N2O3S. The number of hydrogen-bond acceptors (Lipinski definition) is 3. The first-order valence-electron chi connectivity index (χ1n) is 7.76. The predicted molar refractivity (Wildman–Crippen MR) is 88.4 cm³/mol. The van der Waals surface area contributed by atoms with Crippen molar-refractivity contribution >= 4 is 21.6 Å². The first-order chi connectivity index (χ1) is 10.4. The van der Waals surface area contributed by atoms with Gasteiger partial charge in [0.25, 0.3) is 0 Å². The summed E-state index contributed by atoms with van der Waals surface area (Å²) in [4.78, 5) is 11.8. The molecule has 6 heteroatoms. The highest BCUT2D eigenvalue weighted by Gasteiger charge is 2.25. The van der Waals surface area contributed by atoms with Crippen LogP contribution >= 0.6 is 0 Å². The molecule has 5 nitrogen and oxygen atoms in total. The molecule has 0 radical (unpaired) electrons. The van der Waals surface area contributed by atoms with Gasteiger partial charge in [0.15, 0.2) is 0 Å². The topological polar surface area (TPSA) is 66.5 Å². The highest BCUT2D eigenvalue weighted by molar-refractivity contribution is 7.92. The van der Waals surface area contributed by atoms with Crippen LogP contribution in [0.3, 0.4) is 0 Å². The average molecular weight is 324 g/mol. The first kappa shape index (κ1) is 16.8. The molecule has 0 aliphatic heterocycles. The number of nitrogens with one attached hydrogen (secondary N) is 1. The van der Waals surface area contributed by atoms with Gasteiger partial charge in [-0.15, -0.1) is 0 Å². The van der Waals surface area contributed by atoms with Gasteiger partial charge in [-0.2, -0.15) is 0 Å². The van der Waals surface area contributed by atoms with Crippen molar-refractivity contribution in [1.29, 1.82) is 0 Å². The van der Waals surface area contributed by atoms with Crippen LogP contribution in [0, 0.1) is 5.92 Å². The summed E-state index contributed by atoms with van der Waals surface area (Å²) in [6.45, 7) is 2.59. The van der Waals surface area contributed by atoms with Crippen molar-refractivity contribution < 1.29 is 13.2 Å². The fourth-order valence-electron chi connectivity index (χ4n) is 2.61. The Hall–Kier alpha value is -1.56. The van der Waals surface area contributed by atoms with Crippen molar-refractivity contribution in [3.63, 3.8) is 0 Å². The van der Waals surface area contributed by atoms with E-state index < -0.39 is 10.0 Å². The normalized spacial score (nSPS) is 15.2. The molecular weight excluding hydrogens is 300 g/mol. The Morgan fingerprint density at radius 1 is 1.32 bits per heavy atom. The summed E-state index contributed by atoms with van der Waals surface area (Å²) in [6, 6.07) is 7.48. The highest BCUT2D eigenvalue weighted by atomic mass is 32.2. The number of carbonyl (C=O) groups excluding carboxylic acids is 1. The van der Waals surface area contributed by atoms with Crippen LogP contribution < -0.4 is 9.62 Å². The van der Waals surface area contributed by atoms with Gasteiger partial charge in [-0.3, -0.25) is 9.10 Å². The van der Waals surface area contributed by atoms with E-state index >= 15 is 0 Å². The van der Waals surface area contributed by atoms with Crippen LogP contribution in [0.1, 0.15) is 31.7 Å². The van der Waals surface area contributed by atoms with Crippen molar-refractivity contribution in [2.24, 2.45) is 5.92 Å². The lowest BCUT2D eigenvalue weighted by atomic mass is 9.85. The molecule has 1 fully saturated rings. The number of sulfonamides is 1. The number of hydrogen-bond donors (Lipinski definition) is 1. The first-order valence-corrected chi connectivity index (χ1v) is 9.61. The molecule has 122 valence electrons. The minimum absolute atomic E-state index is 0.0449. The number of para-hydroxylation sites is 1. The molecule has 0 atom stereocenters. The van der Waals surface area contributed by atoms with E-state index in [-0.39, 0.29) is 18.4 Å². The smallest absolute Gasteiger partial charge is 0.232 e. The molecule has 1 aliphatic rings. The zero-order valence-electron chi connectivity index (χ0n) is 13.2. The van der Waals surface area contributed by atoms with E-state index in [1.807, 2.05) is 31.2 Å². The fraction of sp³-hybridized carbons (Fsp3) is 0.562. The van der Waals surface area contributed by atoms with E-state index in [2.05, 4.69) is 5.32 Å². The van der Waals surface area contributed by atoms with E-state index in [0.29, 0.717) is 12.2 Å². The lowest BCUT2D eigenvalue weighted by molar-refractivity contribution is -0.127. The van der Waals surface area contributed by atoms with Crippen LogP contribution in [0.2, 0.25) is 0 Å². The van der Waals surface area contributed by atoms with Crippen LogP contribution in [0.15, 0.2) is 24.3 Å². The van der Waals surface area contributed by atoms with Crippen molar-refractivity contribution in [3.05, 3.63) is 29.8 Å². The van der Waals surface area contributed by atoms with E-state index in [4.69, 9.17) is 0 Å². The Bertz CT molecular complexity index is 624. The number of anilines is 1. The van der Waals surface area contributed by atoms with E-state index in [1.54, 1.807) is 0 Å². The Kier molecular flexibility index (Phi) is 5.45. The third-order valence-electron chi connectivity index (χ3n) is 4.13. The summed E-state index contributed by atoms with van der Waals surface area (Å²) < 4.78 is 25.6. The second kappa shape index (κ2) is 7.13. The molecule has 1 amide bonds. The molecule has 0 saturated heterocycles. The van der Waals surface area contributed by atoms with Crippen LogP contribution in [0.5, 0.6) is 0 Å². The molecule has 2 rings (SSSR count). The van der Waals surface area contributed by atoms with Gasteiger partial charge in [-0.1, -0.05) is 31.5 Å². The molecule has 0 heterocycles. The molecule has 1 aromatic carbocycles. The fourth-order valence-corrected chi connectivity index (χ4v) is 3.57. The van der Waals surface area contributed by atoms with E-state index in [9.17, 15) is 13.2 Å². The monoisotopic (exact) mass is 324 g/mol. The molecule has 1 aromatic rings. The summed E-state index contributed by atoms with van der Waals surface area (Å²) in [5.74, 6) is 0.165. The van der Waals surface area contributed by atoms with Crippen molar-refractivity contribution in [2.75, 3.05) is 23.7 Å². The van der Waals surface area contributed by atoms with Crippen LogP contribution in [-0.2, 0) is 21.2 Å². The standard InChI is InChI=1S/C16H24N2O3S/c1-3-13-7-4-5-10-15(13)18(22(2,20)21)12-11-17-16(19)14-8-6-9-14/h4-5,7,10,14H,3,6,8-9,11-12H2,1-2H3,(H,17,19). The number of aryl methyl sites for hydroxylation is 1. The van der Waals surface area contributed by atoms with E-state index in [1.165, 1.54) is 10.6 Å². The maximum Gasteiger partial charge on any atom is 0.232 e. The average Bonchev–Trinajstić information content (AvgIpc) is 2.40. The summed E-state index contributed by atoms with van der Waals surface area (Å²) in [5.41, 5.74) is 1.68. The lowest BCUT2D eigenvalue weighted by Crippen LogP contribution is -2.41. The SMILES string of the molecule is CCc1ccccc1N(CCNC(=O)C1CCC1)S(C)(=O)=O. The third-order valence-corrected chi connectivity index (χ3v) is 5.31. The minimum Gasteiger partial charge on any atom is -0.354 e. The van der Waals surface area contributed by atoms with Gasteiger partial charge in [0.1, 0.15) is 0 Å². The molecule has 0 aromatic heterocycles. The Labute approximate surface area is 132 Å². The summed E-state index contributed by atoms with van der Waals surface area (Å²) >= 11 is 0. The van der Waals surface area contributed by atoms with Crippen LogP contribution in [0.25, 0.3) is 0 Å². The van der Waals surface area contributed by atoms with E-state index in [0.717, 1.165) is 31.2 Å². The maximum atomic E-state index is 12.1. The Morgan fingerprint density at radius 3 is 2.55 bits per heavy atom. The summed E-state index contributed by atoms with van der Waals surface area (Å²) in [7, 11) is -3.38. The molecule has 1 N–H and O–H groups in total. The quantitative estimate of drug-likeness (QED) is 0.833. The second-order valence-electron chi connectivity index (χ2n) is 5.74.